The molecule has 3 heteroatoms. The zero-order valence-electron chi connectivity index (χ0n) is 14.5. The van der Waals surface area contributed by atoms with E-state index in [-0.39, 0.29) is 5.41 Å². The Morgan fingerprint density at radius 2 is 2.21 bits per heavy atom. The first-order valence-electron chi connectivity index (χ1n) is 9.25. The Kier molecular flexibility index (Phi) is 3.90. The number of rotatable bonds is 3. The summed E-state index contributed by atoms with van der Waals surface area (Å²) in [4.78, 5) is 5.43. The highest BCUT2D eigenvalue weighted by atomic mass is 16.6. The van der Waals surface area contributed by atoms with E-state index in [1.807, 2.05) is 12.1 Å². The third-order valence-corrected chi connectivity index (χ3v) is 6.82. The highest BCUT2D eigenvalue weighted by Crippen LogP contribution is 2.59. The third kappa shape index (κ3) is 2.37. The van der Waals surface area contributed by atoms with Gasteiger partial charge in [0.1, 0.15) is 12.4 Å². The number of oxime groups is 1. The number of phenols is 1. The SMILES string of the molecule is C=CCO/N=C1/CC[C@H]2[C@@H]3CCc4cc(O)ccc4[C@H]3CC[C@]12C. The second-order valence-electron chi connectivity index (χ2n) is 7.92. The summed E-state index contributed by atoms with van der Waals surface area (Å²) in [6.45, 7) is 6.59. The van der Waals surface area contributed by atoms with Crippen LogP contribution in [0.5, 0.6) is 5.75 Å². The smallest absolute Gasteiger partial charge is 0.135 e. The predicted octanol–water partition coefficient (Wildman–Crippen LogP) is 4.81. The minimum atomic E-state index is 0.205. The summed E-state index contributed by atoms with van der Waals surface area (Å²) in [6.07, 6.45) is 8.80. The summed E-state index contributed by atoms with van der Waals surface area (Å²) in [5.41, 5.74) is 4.32. The number of aryl methyl sites for hydroxylation is 1. The molecular formula is C21H27NO2. The summed E-state index contributed by atoms with van der Waals surface area (Å²) in [5, 5.41) is 14.3. The van der Waals surface area contributed by atoms with E-state index in [2.05, 4.69) is 24.7 Å². The average Bonchev–Trinajstić information content (AvgIpc) is 2.91. The van der Waals surface area contributed by atoms with Crippen LogP contribution in [0.25, 0.3) is 0 Å². The van der Waals surface area contributed by atoms with Gasteiger partial charge in [-0.3, -0.25) is 0 Å². The minimum absolute atomic E-state index is 0.205. The van der Waals surface area contributed by atoms with Crippen LogP contribution in [-0.2, 0) is 11.3 Å². The van der Waals surface area contributed by atoms with Gasteiger partial charge in [-0.1, -0.05) is 30.8 Å². The maximum atomic E-state index is 9.78. The summed E-state index contributed by atoms with van der Waals surface area (Å²) in [6, 6.07) is 6.00. The number of hydrogen-bond acceptors (Lipinski definition) is 3. The van der Waals surface area contributed by atoms with Gasteiger partial charge in [0.25, 0.3) is 0 Å². The van der Waals surface area contributed by atoms with Gasteiger partial charge in [0, 0.05) is 5.41 Å². The molecule has 1 aromatic carbocycles. The summed E-state index contributed by atoms with van der Waals surface area (Å²) in [5.74, 6) is 2.51. The van der Waals surface area contributed by atoms with E-state index in [9.17, 15) is 5.11 Å². The lowest BCUT2D eigenvalue weighted by Gasteiger charge is -2.49. The fourth-order valence-corrected chi connectivity index (χ4v) is 5.68. The lowest BCUT2D eigenvalue weighted by atomic mass is 9.55. The van der Waals surface area contributed by atoms with E-state index < -0.39 is 0 Å². The molecule has 0 unspecified atom stereocenters. The molecule has 0 bridgehead atoms. The van der Waals surface area contributed by atoms with Gasteiger partial charge in [0.05, 0.1) is 5.71 Å². The van der Waals surface area contributed by atoms with Crippen LogP contribution in [0.15, 0.2) is 36.0 Å². The van der Waals surface area contributed by atoms with E-state index in [4.69, 9.17) is 4.84 Å². The Labute approximate surface area is 144 Å². The van der Waals surface area contributed by atoms with Crippen molar-refractivity contribution in [1.29, 1.82) is 0 Å². The second kappa shape index (κ2) is 5.94. The van der Waals surface area contributed by atoms with Crippen molar-refractivity contribution in [2.24, 2.45) is 22.4 Å². The molecular weight excluding hydrogens is 298 g/mol. The second-order valence-corrected chi connectivity index (χ2v) is 7.92. The van der Waals surface area contributed by atoms with Crippen LogP contribution in [-0.4, -0.2) is 17.4 Å². The fraction of sp³-hybridized carbons (Fsp3) is 0.571. The summed E-state index contributed by atoms with van der Waals surface area (Å²) >= 11 is 0. The highest BCUT2D eigenvalue weighted by molar-refractivity contribution is 5.92. The van der Waals surface area contributed by atoms with Crippen molar-refractivity contribution in [2.75, 3.05) is 6.61 Å². The van der Waals surface area contributed by atoms with Crippen molar-refractivity contribution in [3.63, 3.8) is 0 Å². The van der Waals surface area contributed by atoms with Crippen molar-refractivity contribution >= 4 is 5.71 Å². The standard InChI is InChI=1S/C21H27NO2/c1-3-12-24-22-20-9-8-19-18-6-4-14-13-15(23)5-7-16(14)17(18)10-11-21(19,20)2/h3,5,7,13,17-19,23H,1,4,6,8-12H2,2H3/b22-20-/t17-,18-,19+,21+/m1/s1. The Morgan fingerprint density at radius 1 is 1.33 bits per heavy atom. The molecule has 0 aromatic heterocycles. The predicted molar refractivity (Wildman–Crippen MR) is 96.3 cm³/mol. The van der Waals surface area contributed by atoms with Crippen LogP contribution >= 0.6 is 0 Å². The van der Waals surface area contributed by atoms with Gasteiger partial charge in [-0.25, -0.2) is 0 Å². The van der Waals surface area contributed by atoms with E-state index >= 15 is 0 Å². The lowest BCUT2D eigenvalue weighted by molar-refractivity contribution is 0.0911. The molecule has 3 nitrogen and oxygen atoms in total. The molecule has 1 aromatic rings. The fourth-order valence-electron chi connectivity index (χ4n) is 5.68. The average molecular weight is 325 g/mol. The van der Waals surface area contributed by atoms with Gasteiger partial charge >= 0.3 is 0 Å². The molecule has 0 aliphatic heterocycles. The van der Waals surface area contributed by atoms with Crippen LogP contribution < -0.4 is 0 Å². The Bertz CT molecular complexity index is 680. The summed E-state index contributed by atoms with van der Waals surface area (Å²) < 4.78 is 0. The van der Waals surface area contributed by atoms with Crippen LogP contribution in [0, 0.1) is 17.3 Å². The van der Waals surface area contributed by atoms with Crippen molar-refractivity contribution in [3.05, 3.63) is 42.0 Å². The Morgan fingerprint density at radius 3 is 3.04 bits per heavy atom. The first kappa shape index (κ1) is 15.7. The van der Waals surface area contributed by atoms with E-state index in [0.29, 0.717) is 24.2 Å². The Balaban J connectivity index is 1.61. The first-order chi connectivity index (χ1) is 11.6. The number of benzene rings is 1. The van der Waals surface area contributed by atoms with Crippen molar-refractivity contribution in [1.82, 2.24) is 0 Å². The monoisotopic (exact) mass is 325 g/mol. The number of fused-ring (bicyclic) bond motifs is 5. The number of phenolic OH excluding ortho intramolecular Hbond substituents is 1. The molecule has 1 N–H and O–H groups in total. The van der Waals surface area contributed by atoms with Crippen LogP contribution in [0.2, 0.25) is 0 Å². The molecule has 3 aliphatic rings. The molecule has 4 atom stereocenters. The number of aromatic hydroxyl groups is 1. The van der Waals surface area contributed by atoms with E-state index in [0.717, 1.165) is 18.8 Å². The molecule has 0 heterocycles. The zero-order chi connectivity index (χ0) is 16.7. The number of hydrogen-bond donors (Lipinski definition) is 1. The first-order valence-corrected chi connectivity index (χ1v) is 9.25. The van der Waals surface area contributed by atoms with Gasteiger partial charge in [0.15, 0.2) is 0 Å². The third-order valence-electron chi connectivity index (χ3n) is 6.82. The van der Waals surface area contributed by atoms with Crippen LogP contribution in [0.4, 0.5) is 0 Å². The largest absolute Gasteiger partial charge is 0.508 e. The van der Waals surface area contributed by atoms with Gasteiger partial charge in [-0.15, -0.1) is 0 Å². The molecule has 0 saturated heterocycles. The van der Waals surface area contributed by atoms with Crippen molar-refractivity contribution in [3.8, 4) is 5.75 Å². The highest BCUT2D eigenvalue weighted by Gasteiger charge is 2.53. The van der Waals surface area contributed by atoms with Crippen LogP contribution in [0.3, 0.4) is 0 Å². The van der Waals surface area contributed by atoms with Gasteiger partial charge in [-0.2, -0.15) is 0 Å². The van der Waals surface area contributed by atoms with Crippen molar-refractivity contribution < 1.29 is 9.94 Å². The quantitative estimate of drug-likeness (QED) is 0.492. The Hall–Kier alpha value is -1.77. The van der Waals surface area contributed by atoms with E-state index in [1.165, 1.54) is 42.5 Å². The topological polar surface area (TPSA) is 41.8 Å². The van der Waals surface area contributed by atoms with Gasteiger partial charge < -0.3 is 9.94 Å². The number of nitrogens with zero attached hydrogens (tertiary/aromatic N) is 1. The molecule has 24 heavy (non-hydrogen) atoms. The molecule has 4 rings (SSSR count). The molecule has 0 amide bonds. The van der Waals surface area contributed by atoms with Crippen molar-refractivity contribution in [2.45, 2.75) is 51.4 Å². The maximum absolute atomic E-state index is 9.78. The minimum Gasteiger partial charge on any atom is -0.508 e. The molecule has 128 valence electrons. The summed E-state index contributed by atoms with van der Waals surface area (Å²) in [7, 11) is 0. The van der Waals surface area contributed by atoms with E-state index in [1.54, 1.807) is 6.08 Å². The molecule has 2 saturated carbocycles. The zero-order valence-corrected chi connectivity index (χ0v) is 14.5. The molecule has 0 spiro atoms. The molecule has 3 aliphatic carbocycles. The molecule has 2 fully saturated rings. The maximum Gasteiger partial charge on any atom is 0.135 e. The molecule has 0 radical (unpaired) electrons. The van der Waals surface area contributed by atoms with Gasteiger partial charge in [0.2, 0.25) is 0 Å². The normalized spacial score (nSPS) is 35.9. The van der Waals surface area contributed by atoms with Gasteiger partial charge in [-0.05, 0) is 79.5 Å². The van der Waals surface area contributed by atoms with Crippen LogP contribution in [0.1, 0.15) is 56.1 Å². The lowest BCUT2D eigenvalue weighted by Crippen LogP contribution is -2.42.